The van der Waals surface area contributed by atoms with E-state index in [0.29, 0.717) is 0 Å². The summed E-state index contributed by atoms with van der Waals surface area (Å²) in [6.07, 6.45) is 2.27. The van der Waals surface area contributed by atoms with Crippen molar-refractivity contribution in [2.45, 2.75) is 26.7 Å². The Labute approximate surface area is 109 Å². The zero-order valence-corrected chi connectivity index (χ0v) is 11.5. The van der Waals surface area contributed by atoms with Crippen LogP contribution >= 0.6 is 0 Å². The molecule has 0 aliphatic heterocycles. The molecule has 0 bridgehead atoms. The Balaban J connectivity index is 2.22. The van der Waals surface area contributed by atoms with Crippen molar-refractivity contribution < 1.29 is 4.74 Å². The first-order valence-corrected chi connectivity index (χ1v) is 6.62. The number of fused-ring (bicyclic) bond motifs is 1. The highest BCUT2D eigenvalue weighted by Crippen LogP contribution is 2.27. The Morgan fingerprint density at radius 3 is 2.89 bits per heavy atom. The predicted octanol–water partition coefficient (Wildman–Crippen LogP) is 3.03. The molecule has 98 valence electrons. The summed E-state index contributed by atoms with van der Waals surface area (Å²) in [6, 6.07) is 6.22. The van der Waals surface area contributed by atoms with E-state index >= 15 is 0 Å². The number of aromatic nitrogens is 1. The summed E-state index contributed by atoms with van der Waals surface area (Å²) in [7, 11) is 1.71. The highest BCUT2D eigenvalue weighted by Gasteiger charge is 2.08. The zero-order chi connectivity index (χ0) is 13.0. The number of rotatable bonds is 6. The number of benzene rings is 1. The molecule has 3 nitrogen and oxygen atoms in total. The number of ether oxygens (including phenoxy) is 1. The van der Waals surface area contributed by atoms with Crippen molar-refractivity contribution in [2.24, 2.45) is 0 Å². The first kappa shape index (κ1) is 13.0. The van der Waals surface area contributed by atoms with Crippen LogP contribution in [0.4, 0.5) is 0 Å². The largest absolute Gasteiger partial charge is 0.497 e. The predicted molar refractivity (Wildman–Crippen MR) is 76.5 cm³/mol. The quantitative estimate of drug-likeness (QED) is 0.769. The van der Waals surface area contributed by atoms with Gasteiger partial charge in [0.05, 0.1) is 7.11 Å². The van der Waals surface area contributed by atoms with E-state index in [0.717, 1.165) is 25.3 Å². The molecular formula is C15H22N2O. The third-order valence-corrected chi connectivity index (χ3v) is 3.36. The maximum Gasteiger partial charge on any atom is 0.119 e. The Morgan fingerprint density at radius 1 is 1.33 bits per heavy atom. The molecule has 0 saturated carbocycles. The molecule has 0 amide bonds. The SMILES string of the molecule is CCNCCCc1c(C)[nH]c2ccc(OC)cc12. The van der Waals surface area contributed by atoms with Gasteiger partial charge in [-0.2, -0.15) is 0 Å². The van der Waals surface area contributed by atoms with Crippen LogP contribution in [0.15, 0.2) is 18.2 Å². The van der Waals surface area contributed by atoms with Crippen LogP contribution < -0.4 is 10.1 Å². The lowest BCUT2D eigenvalue weighted by molar-refractivity contribution is 0.415. The molecule has 0 saturated heterocycles. The topological polar surface area (TPSA) is 37.0 Å². The van der Waals surface area contributed by atoms with E-state index in [1.807, 2.05) is 6.07 Å². The van der Waals surface area contributed by atoms with Crippen molar-refractivity contribution in [2.75, 3.05) is 20.2 Å². The van der Waals surface area contributed by atoms with Gasteiger partial charge in [-0.1, -0.05) is 6.92 Å². The molecule has 0 spiro atoms. The average Bonchev–Trinajstić information content (AvgIpc) is 2.70. The van der Waals surface area contributed by atoms with E-state index in [1.165, 1.54) is 28.6 Å². The number of aryl methyl sites for hydroxylation is 2. The normalized spacial score (nSPS) is 11.1. The van der Waals surface area contributed by atoms with Gasteiger partial charge >= 0.3 is 0 Å². The monoisotopic (exact) mass is 246 g/mol. The maximum atomic E-state index is 5.30. The first-order chi connectivity index (χ1) is 8.76. The fourth-order valence-corrected chi connectivity index (χ4v) is 2.38. The van der Waals surface area contributed by atoms with Gasteiger partial charge in [-0.15, -0.1) is 0 Å². The molecule has 0 atom stereocenters. The second-order valence-corrected chi connectivity index (χ2v) is 4.60. The molecule has 2 N–H and O–H groups in total. The van der Waals surface area contributed by atoms with E-state index in [9.17, 15) is 0 Å². The Kier molecular flexibility index (Phi) is 4.26. The standard InChI is InChI=1S/C15H22N2O/c1-4-16-9-5-6-13-11(2)17-15-8-7-12(18-3)10-14(13)15/h7-8,10,16-17H,4-6,9H2,1-3H3. The molecule has 3 heteroatoms. The molecule has 1 heterocycles. The first-order valence-electron chi connectivity index (χ1n) is 6.62. The van der Waals surface area contributed by atoms with E-state index in [4.69, 9.17) is 4.74 Å². The van der Waals surface area contributed by atoms with Crippen molar-refractivity contribution >= 4 is 10.9 Å². The highest BCUT2D eigenvalue weighted by atomic mass is 16.5. The molecule has 2 aromatic rings. The number of hydrogen-bond acceptors (Lipinski definition) is 2. The van der Waals surface area contributed by atoms with E-state index in [2.05, 4.69) is 36.3 Å². The van der Waals surface area contributed by atoms with Crippen molar-refractivity contribution in [1.29, 1.82) is 0 Å². The number of hydrogen-bond donors (Lipinski definition) is 2. The average molecular weight is 246 g/mol. The van der Waals surface area contributed by atoms with Crippen molar-refractivity contribution in [3.8, 4) is 5.75 Å². The van der Waals surface area contributed by atoms with Crippen LogP contribution in [0.3, 0.4) is 0 Å². The lowest BCUT2D eigenvalue weighted by atomic mass is 10.1. The molecule has 0 aliphatic rings. The summed E-state index contributed by atoms with van der Waals surface area (Å²) in [6.45, 7) is 6.41. The number of aromatic amines is 1. The number of nitrogens with one attached hydrogen (secondary N) is 2. The molecule has 0 fully saturated rings. The number of H-pyrrole nitrogens is 1. The van der Waals surface area contributed by atoms with Crippen LogP contribution in [0, 0.1) is 6.92 Å². The summed E-state index contributed by atoms with van der Waals surface area (Å²) in [4.78, 5) is 3.44. The third kappa shape index (κ3) is 2.67. The summed E-state index contributed by atoms with van der Waals surface area (Å²) in [5.74, 6) is 0.925. The third-order valence-electron chi connectivity index (χ3n) is 3.36. The molecule has 0 aliphatic carbocycles. The van der Waals surface area contributed by atoms with Crippen LogP contribution in [0.5, 0.6) is 5.75 Å². The van der Waals surface area contributed by atoms with E-state index < -0.39 is 0 Å². The number of methoxy groups -OCH3 is 1. The summed E-state index contributed by atoms with van der Waals surface area (Å²) in [5.41, 5.74) is 3.89. The minimum absolute atomic E-state index is 0.925. The second kappa shape index (κ2) is 5.91. The Hall–Kier alpha value is -1.48. The van der Waals surface area contributed by atoms with Crippen molar-refractivity contribution in [3.05, 3.63) is 29.5 Å². The highest BCUT2D eigenvalue weighted by molar-refractivity contribution is 5.86. The van der Waals surface area contributed by atoms with Crippen molar-refractivity contribution in [3.63, 3.8) is 0 Å². The lowest BCUT2D eigenvalue weighted by Gasteiger charge is -2.04. The molecule has 1 aromatic heterocycles. The van der Waals surface area contributed by atoms with Crippen LogP contribution in [-0.4, -0.2) is 25.2 Å². The smallest absolute Gasteiger partial charge is 0.119 e. The molecular weight excluding hydrogens is 224 g/mol. The van der Waals surface area contributed by atoms with Gasteiger partial charge in [0.2, 0.25) is 0 Å². The maximum absolute atomic E-state index is 5.30. The van der Waals surface area contributed by atoms with E-state index in [1.54, 1.807) is 7.11 Å². The minimum atomic E-state index is 0.925. The van der Waals surface area contributed by atoms with Gasteiger partial charge in [0, 0.05) is 16.6 Å². The van der Waals surface area contributed by atoms with Gasteiger partial charge < -0.3 is 15.0 Å². The molecule has 0 unspecified atom stereocenters. The van der Waals surface area contributed by atoms with Gasteiger partial charge in [0.15, 0.2) is 0 Å². The van der Waals surface area contributed by atoms with Gasteiger partial charge in [-0.3, -0.25) is 0 Å². The van der Waals surface area contributed by atoms with Crippen LogP contribution in [0.2, 0.25) is 0 Å². The van der Waals surface area contributed by atoms with Gasteiger partial charge in [0.25, 0.3) is 0 Å². The van der Waals surface area contributed by atoms with Gasteiger partial charge in [0.1, 0.15) is 5.75 Å². The fourth-order valence-electron chi connectivity index (χ4n) is 2.38. The van der Waals surface area contributed by atoms with E-state index in [-0.39, 0.29) is 0 Å². The van der Waals surface area contributed by atoms with Crippen molar-refractivity contribution in [1.82, 2.24) is 10.3 Å². The summed E-state index contributed by atoms with van der Waals surface area (Å²) < 4.78 is 5.30. The molecule has 0 radical (unpaired) electrons. The molecule has 18 heavy (non-hydrogen) atoms. The van der Waals surface area contributed by atoms with Gasteiger partial charge in [-0.05, 0) is 56.6 Å². The van der Waals surface area contributed by atoms with Crippen LogP contribution in [-0.2, 0) is 6.42 Å². The Morgan fingerprint density at radius 2 is 2.17 bits per heavy atom. The van der Waals surface area contributed by atoms with Crippen LogP contribution in [0.25, 0.3) is 10.9 Å². The fraction of sp³-hybridized carbons (Fsp3) is 0.467. The zero-order valence-electron chi connectivity index (χ0n) is 11.5. The lowest BCUT2D eigenvalue weighted by Crippen LogP contribution is -2.14. The summed E-state index contributed by atoms with van der Waals surface area (Å²) in [5, 5.41) is 4.66. The summed E-state index contributed by atoms with van der Waals surface area (Å²) >= 11 is 0. The minimum Gasteiger partial charge on any atom is -0.497 e. The van der Waals surface area contributed by atoms with Crippen LogP contribution in [0.1, 0.15) is 24.6 Å². The second-order valence-electron chi connectivity index (χ2n) is 4.60. The van der Waals surface area contributed by atoms with Gasteiger partial charge in [-0.25, -0.2) is 0 Å². The molecule has 2 rings (SSSR count). The Bertz CT molecular complexity index is 516. The molecule has 1 aromatic carbocycles.